The monoisotopic (exact) mass is 275 g/mol. The second-order valence-corrected chi connectivity index (χ2v) is 5.76. The molecule has 3 nitrogen and oxygen atoms in total. The van der Waals surface area contributed by atoms with Gasteiger partial charge in [0.05, 0.1) is 0 Å². The van der Waals surface area contributed by atoms with Crippen LogP contribution >= 0.6 is 0 Å². The molecule has 1 aromatic carbocycles. The molecule has 3 heteroatoms. The second kappa shape index (κ2) is 8.05. The minimum Gasteiger partial charge on any atom is -0.396 e. The second-order valence-electron chi connectivity index (χ2n) is 5.76. The van der Waals surface area contributed by atoms with Crippen LogP contribution in [0.3, 0.4) is 0 Å². The highest BCUT2D eigenvalue weighted by molar-refractivity contribution is 5.76. The molecule has 1 aliphatic carbocycles. The largest absolute Gasteiger partial charge is 0.396 e. The molecule has 0 spiro atoms. The van der Waals surface area contributed by atoms with E-state index in [1.165, 1.54) is 18.4 Å². The van der Waals surface area contributed by atoms with Crippen molar-refractivity contribution in [1.29, 1.82) is 0 Å². The normalized spacial score (nSPS) is 22.4. The quantitative estimate of drug-likeness (QED) is 0.784. The fourth-order valence-corrected chi connectivity index (χ4v) is 3.07. The highest BCUT2D eigenvalue weighted by atomic mass is 16.3. The van der Waals surface area contributed by atoms with E-state index in [1.54, 1.807) is 0 Å². The fourth-order valence-electron chi connectivity index (χ4n) is 3.07. The summed E-state index contributed by atoms with van der Waals surface area (Å²) < 4.78 is 0. The summed E-state index contributed by atoms with van der Waals surface area (Å²) in [7, 11) is 0. The summed E-state index contributed by atoms with van der Waals surface area (Å²) in [5, 5.41) is 11.6. The van der Waals surface area contributed by atoms with Crippen molar-refractivity contribution in [1.82, 2.24) is 5.32 Å². The molecule has 1 saturated carbocycles. The van der Waals surface area contributed by atoms with Crippen molar-refractivity contribution in [2.24, 2.45) is 5.92 Å². The first kappa shape index (κ1) is 15.0. The third kappa shape index (κ3) is 4.64. The lowest BCUT2D eigenvalue weighted by Crippen LogP contribution is -2.28. The van der Waals surface area contributed by atoms with Gasteiger partial charge in [-0.2, -0.15) is 0 Å². The zero-order valence-corrected chi connectivity index (χ0v) is 12.1. The molecule has 1 aromatic rings. The van der Waals surface area contributed by atoms with Gasteiger partial charge in [0.25, 0.3) is 0 Å². The smallest absolute Gasteiger partial charge is 0.220 e. The number of aliphatic hydroxyl groups is 1. The maximum absolute atomic E-state index is 11.7. The van der Waals surface area contributed by atoms with Crippen LogP contribution in [0.4, 0.5) is 0 Å². The number of hydrogen-bond acceptors (Lipinski definition) is 2. The van der Waals surface area contributed by atoms with Gasteiger partial charge in [-0.15, -0.1) is 0 Å². The lowest BCUT2D eigenvalue weighted by atomic mass is 9.77. The maximum Gasteiger partial charge on any atom is 0.220 e. The Labute approximate surface area is 121 Å². The average molecular weight is 275 g/mol. The molecule has 0 atom stereocenters. The van der Waals surface area contributed by atoms with Crippen molar-refractivity contribution >= 4 is 5.91 Å². The van der Waals surface area contributed by atoms with Gasteiger partial charge in [0, 0.05) is 19.6 Å². The molecular weight excluding hydrogens is 250 g/mol. The summed E-state index contributed by atoms with van der Waals surface area (Å²) in [6.07, 6.45) is 5.97. The first-order chi connectivity index (χ1) is 9.79. The van der Waals surface area contributed by atoms with Crippen molar-refractivity contribution in [2.45, 2.75) is 44.4 Å². The van der Waals surface area contributed by atoms with Gasteiger partial charge in [-0.25, -0.2) is 0 Å². The van der Waals surface area contributed by atoms with E-state index in [4.69, 9.17) is 5.11 Å². The number of aliphatic hydroxyl groups excluding tert-OH is 1. The summed E-state index contributed by atoms with van der Waals surface area (Å²) in [6, 6.07) is 10.7. The molecule has 0 bridgehead atoms. The summed E-state index contributed by atoms with van der Waals surface area (Å²) in [5.74, 6) is 1.34. The van der Waals surface area contributed by atoms with Crippen LogP contribution in [-0.4, -0.2) is 24.2 Å². The van der Waals surface area contributed by atoms with Gasteiger partial charge < -0.3 is 10.4 Å². The molecule has 0 saturated heterocycles. The van der Waals surface area contributed by atoms with Crippen LogP contribution in [0.15, 0.2) is 30.3 Å². The van der Waals surface area contributed by atoms with Crippen molar-refractivity contribution < 1.29 is 9.90 Å². The maximum atomic E-state index is 11.7. The van der Waals surface area contributed by atoms with E-state index in [9.17, 15) is 4.79 Å². The van der Waals surface area contributed by atoms with Crippen molar-refractivity contribution in [3.05, 3.63) is 35.9 Å². The van der Waals surface area contributed by atoms with Gasteiger partial charge in [0.2, 0.25) is 5.91 Å². The third-order valence-corrected chi connectivity index (χ3v) is 4.25. The van der Waals surface area contributed by atoms with Crippen LogP contribution in [-0.2, 0) is 4.79 Å². The molecule has 1 fully saturated rings. The Morgan fingerprint density at radius 2 is 1.85 bits per heavy atom. The predicted molar refractivity (Wildman–Crippen MR) is 80.5 cm³/mol. The lowest BCUT2D eigenvalue weighted by molar-refractivity contribution is -0.122. The van der Waals surface area contributed by atoms with E-state index in [0.717, 1.165) is 12.8 Å². The minimum atomic E-state index is 0.140. The van der Waals surface area contributed by atoms with Gasteiger partial charge in [-0.3, -0.25) is 4.79 Å². The van der Waals surface area contributed by atoms with E-state index < -0.39 is 0 Å². The molecule has 0 aliphatic heterocycles. The van der Waals surface area contributed by atoms with E-state index in [2.05, 4.69) is 35.6 Å². The van der Waals surface area contributed by atoms with Crippen LogP contribution in [0.25, 0.3) is 0 Å². The van der Waals surface area contributed by atoms with Crippen molar-refractivity contribution in [3.8, 4) is 0 Å². The Morgan fingerprint density at radius 3 is 2.50 bits per heavy atom. The highest BCUT2D eigenvalue weighted by Gasteiger charge is 2.23. The minimum absolute atomic E-state index is 0.140. The van der Waals surface area contributed by atoms with E-state index in [0.29, 0.717) is 31.2 Å². The summed E-state index contributed by atoms with van der Waals surface area (Å²) in [4.78, 5) is 11.7. The van der Waals surface area contributed by atoms with Gasteiger partial charge in [-0.1, -0.05) is 30.3 Å². The zero-order chi connectivity index (χ0) is 14.2. The zero-order valence-electron chi connectivity index (χ0n) is 12.1. The summed E-state index contributed by atoms with van der Waals surface area (Å²) >= 11 is 0. The SMILES string of the molecule is O=C(CC1CCC(c2ccccc2)CC1)NCCCO. The highest BCUT2D eigenvalue weighted by Crippen LogP contribution is 2.36. The van der Waals surface area contributed by atoms with Crippen LogP contribution in [0.1, 0.15) is 50.0 Å². The molecule has 0 heterocycles. The van der Waals surface area contributed by atoms with Gasteiger partial charge in [-0.05, 0) is 49.5 Å². The number of carbonyl (C=O) groups excluding carboxylic acids is 1. The Balaban J connectivity index is 1.70. The van der Waals surface area contributed by atoms with Crippen molar-refractivity contribution in [3.63, 3.8) is 0 Å². The Hall–Kier alpha value is -1.35. The van der Waals surface area contributed by atoms with Gasteiger partial charge >= 0.3 is 0 Å². The molecule has 1 amide bonds. The Morgan fingerprint density at radius 1 is 1.15 bits per heavy atom. The van der Waals surface area contributed by atoms with Gasteiger partial charge in [0.1, 0.15) is 0 Å². The fraction of sp³-hybridized carbons (Fsp3) is 0.588. The number of hydrogen-bond donors (Lipinski definition) is 2. The molecule has 20 heavy (non-hydrogen) atoms. The first-order valence-corrected chi connectivity index (χ1v) is 7.72. The molecule has 2 N–H and O–H groups in total. The van der Waals surface area contributed by atoms with Crippen LogP contribution in [0.2, 0.25) is 0 Å². The lowest BCUT2D eigenvalue weighted by Gasteiger charge is -2.28. The predicted octanol–water partition coefficient (Wildman–Crippen LogP) is 2.85. The molecular formula is C17H25NO2. The summed E-state index contributed by atoms with van der Waals surface area (Å²) in [5.41, 5.74) is 1.44. The molecule has 110 valence electrons. The van der Waals surface area contributed by atoms with Crippen LogP contribution < -0.4 is 5.32 Å². The number of amides is 1. The Kier molecular flexibility index (Phi) is 6.06. The average Bonchev–Trinajstić information content (AvgIpc) is 2.49. The number of rotatable bonds is 6. The third-order valence-electron chi connectivity index (χ3n) is 4.25. The van der Waals surface area contributed by atoms with Crippen LogP contribution in [0.5, 0.6) is 0 Å². The molecule has 0 aromatic heterocycles. The van der Waals surface area contributed by atoms with E-state index in [1.807, 2.05) is 0 Å². The standard InChI is InChI=1S/C17H25NO2/c19-12-4-11-18-17(20)13-14-7-9-16(10-8-14)15-5-2-1-3-6-15/h1-3,5-6,14,16,19H,4,7-13H2,(H,18,20). The molecule has 0 unspecified atom stereocenters. The topological polar surface area (TPSA) is 49.3 Å². The van der Waals surface area contributed by atoms with Crippen LogP contribution in [0, 0.1) is 5.92 Å². The first-order valence-electron chi connectivity index (χ1n) is 7.72. The summed E-state index contributed by atoms with van der Waals surface area (Å²) in [6.45, 7) is 0.733. The Bertz CT molecular complexity index is 397. The number of carbonyl (C=O) groups is 1. The number of nitrogens with one attached hydrogen (secondary N) is 1. The van der Waals surface area contributed by atoms with E-state index >= 15 is 0 Å². The number of benzene rings is 1. The molecule has 0 radical (unpaired) electrons. The van der Waals surface area contributed by atoms with Crippen molar-refractivity contribution in [2.75, 3.05) is 13.2 Å². The van der Waals surface area contributed by atoms with Gasteiger partial charge in [0.15, 0.2) is 0 Å². The molecule has 2 rings (SSSR count). The van der Waals surface area contributed by atoms with E-state index in [-0.39, 0.29) is 12.5 Å². The molecule has 1 aliphatic rings.